The van der Waals surface area contributed by atoms with Crippen LogP contribution in [0.25, 0.3) is 0 Å². The van der Waals surface area contributed by atoms with Crippen molar-refractivity contribution in [3.05, 3.63) is 21.9 Å². The zero-order valence-corrected chi connectivity index (χ0v) is 17.4. The molecule has 1 fully saturated rings. The van der Waals surface area contributed by atoms with Crippen LogP contribution in [0.15, 0.2) is 16.9 Å². The molecular weight excluding hydrogens is 446 g/mol. The Balaban J connectivity index is 1.85. The van der Waals surface area contributed by atoms with Gasteiger partial charge in [0.1, 0.15) is 23.5 Å². The maximum atomic E-state index is 12.8. The quantitative estimate of drug-likeness (QED) is 0.321. The minimum Gasteiger partial charge on any atom is -0.477 e. The minimum absolute atomic E-state index is 0.0123. The van der Waals surface area contributed by atoms with Gasteiger partial charge in [-0.25, -0.2) is 9.78 Å². The molecule has 1 unspecified atom stereocenters. The fourth-order valence-electron chi connectivity index (χ4n) is 2.65. The third kappa shape index (κ3) is 4.36. The first kappa shape index (κ1) is 21.1. The van der Waals surface area contributed by atoms with Crippen LogP contribution in [0, 0.1) is 0 Å². The SMILES string of the molecule is CO/N=C(\C(=O)NC1C=C(C(=O)O)N2C(=O)C[C@H]2S1)c1nc(Cl)sc1NC(C)=O. The van der Waals surface area contributed by atoms with E-state index in [1.807, 2.05) is 0 Å². The monoisotopic (exact) mass is 459 g/mol. The lowest BCUT2D eigenvalue weighted by molar-refractivity contribution is -0.146. The number of carboxylic acid groups (broad SMARTS) is 1. The Morgan fingerprint density at radius 1 is 1.45 bits per heavy atom. The molecule has 3 rings (SSSR count). The lowest BCUT2D eigenvalue weighted by Crippen LogP contribution is -2.56. The number of carbonyl (C=O) groups is 4. The highest BCUT2D eigenvalue weighted by Gasteiger charge is 2.45. The molecule has 2 aliphatic heterocycles. The average molecular weight is 460 g/mol. The molecule has 0 radical (unpaired) electrons. The second kappa shape index (κ2) is 8.39. The predicted molar refractivity (Wildman–Crippen MR) is 105 cm³/mol. The summed E-state index contributed by atoms with van der Waals surface area (Å²) in [6.07, 6.45) is 1.45. The van der Waals surface area contributed by atoms with Gasteiger partial charge in [-0.2, -0.15) is 0 Å². The fraction of sp³-hybridized carbons (Fsp3) is 0.333. The molecule has 154 valence electrons. The second-order valence-corrected chi connectivity index (χ2v) is 8.66. The highest BCUT2D eigenvalue weighted by Crippen LogP contribution is 2.39. The number of thiazole rings is 1. The number of hydrogen-bond donors (Lipinski definition) is 3. The highest BCUT2D eigenvalue weighted by molar-refractivity contribution is 8.00. The van der Waals surface area contributed by atoms with E-state index in [0.29, 0.717) is 0 Å². The predicted octanol–water partition coefficient (Wildman–Crippen LogP) is 0.821. The molecule has 29 heavy (non-hydrogen) atoms. The van der Waals surface area contributed by atoms with Crippen molar-refractivity contribution < 1.29 is 29.1 Å². The summed E-state index contributed by atoms with van der Waals surface area (Å²) in [5.74, 6) is -2.68. The molecule has 0 saturated carbocycles. The van der Waals surface area contributed by atoms with Gasteiger partial charge >= 0.3 is 5.97 Å². The van der Waals surface area contributed by atoms with E-state index in [4.69, 9.17) is 16.4 Å². The topological polar surface area (TPSA) is 150 Å². The number of anilines is 1. The molecule has 14 heteroatoms. The molecule has 3 heterocycles. The molecule has 3 amide bonds. The number of aliphatic carboxylic acids is 1. The summed E-state index contributed by atoms with van der Waals surface area (Å²) >= 11 is 8.06. The Morgan fingerprint density at radius 3 is 2.76 bits per heavy atom. The number of rotatable bonds is 6. The summed E-state index contributed by atoms with van der Waals surface area (Å²) in [6, 6.07) is 0. The molecule has 1 aromatic heterocycles. The molecule has 3 N–H and O–H groups in total. The van der Waals surface area contributed by atoms with Gasteiger partial charge in [0.05, 0.1) is 17.2 Å². The van der Waals surface area contributed by atoms with Gasteiger partial charge in [-0.3, -0.25) is 19.3 Å². The normalized spacial score (nSPS) is 20.9. The van der Waals surface area contributed by atoms with E-state index < -0.39 is 23.2 Å². The Kier molecular flexibility index (Phi) is 6.10. The molecule has 0 spiro atoms. The Hall–Kier alpha value is -2.64. The van der Waals surface area contributed by atoms with E-state index in [-0.39, 0.29) is 44.3 Å². The maximum absolute atomic E-state index is 12.8. The Bertz CT molecular complexity index is 961. The van der Waals surface area contributed by atoms with Gasteiger partial charge in [-0.15, -0.1) is 11.8 Å². The van der Waals surface area contributed by atoms with Crippen LogP contribution in [-0.4, -0.2) is 62.3 Å². The molecule has 2 atom stereocenters. The van der Waals surface area contributed by atoms with E-state index in [2.05, 4.69) is 20.8 Å². The van der Waals surface area contributed by atoms with Crippen LogP contribution in [0.4, 0.5) is 5.00 Å². The van der Waals surface area contributed by atoms with Crippen LogP contribution in [-0.2, 0) is 24.0 Å². The number of carboxylic acids is 1. The first-order chi connectivity index (χ1) is 13.7. The van der Waals surface area contributed by atoms with E-state index in [9.17, 15) is 24.3 Å². The standard InChI is InChI=1S/C15H14ClN5O6S2/c1-5(22)17-13-11(19-15(16)29-13)10(20-27-2)12(24)18-7-3-6(14(25)26)21-8(23)4-9(21)28-7/h3,7,9H,4H2,1-2H3,(H,17,22)(H,18,24)(H,25,26)/b20-10-/t7?,9-/m1/s1. The molecule has 1 aromatic rings. The van der Waals surface area contributed by atoms with Crippen molar-refractivity contribution in [3.8, 4) is 0 Å². The number of hydrogen-bond acceptors (Lipinski definition) is 9. The van der Waals surface area contributed by atoms with Crippen molar-refractivity contribution >= 4 is 69.1 Å². The van der Waals surface area contributed by atoms with Crippen LogP contribution in [0.3, 0.4) is 0 Å². The number of amides is 3. The Labute approximate surface area is 177 Å². The fourth-order valence-corrected chi connectivity index (χ4v) is 5.02. The summed E-state index contributed by atoms with van der Waals surface area (Å²) in [5.41, 5.74) is -0.438. The van der Waals surface area contributed by atoms with Crippen molar-refractivity contribution in [2.75, 3.05) is 12.4 Å². The first-order valence-electron chi connectivity index (χ1n) is 8.00. The number of aromatic nitrogens is 1. The van der Waals surface area contributed by atoms with Gasteiger partial charge in [-0.05, 0) is 6.08 Å². The smallest absolute Gasteiger partial charge is 0.352 e. The number of β-lactam (4-membered cyclic amide) rings is 1. The van der Waals surface area contributed by atoms with E-state index in [0.717, 1.165) is 11.3 Å². The second-order valence-electron chi connectivity index (χ2n) is 5.76. The van der Waals surface area contributed by atoms with Crippen LogP contribution >= 0.6 is 34.7 Å². The van der Waals surface area contributed by atoms with Gasteiger partial charge in [0.2, 0.25) is 11.8 Å². The lowest BCUT2D eigenvalue weighted by atomic mass is 10.1. The number of halogens is 1. The van der Waals surface area contributed by atoms with E-state index in [1.54, 1.807) is 0 Å². The van der Waals surface area contributed by atoms with Gasteiger partial charge in [0, 0.05) is 6.92 Å². The number of oxime groups is 1. The highest BCUT2D eigenvalue weighted by atomic mass is 35.5. The number of nitrogens with one attached hydrogen (secondary N) is 2. The lowest BCUT2D eigenvalue weighted by Gasteiger charge is -2.44. The van der Waals surface area contributed by atoms with Crippen LogP contribution in [0.1, 0.15) is 19.0 Å². The largest absolute Gasteiger partial charge is 0.477 e. The summed E-state index contributed by atoms with van der Waals surface area (Å²) in [4.78, 5) is 57.2. The van der Waals surface area contributed by atoms with Crippen molar-refractivity contribution in [1.82, 2.24) is 15.2 Å². The van der Waals surface area contributed by atoms with E-state index >= 15 is 0 Å². The summed E-state index contributed by atoms with van der Waals surface area (Å²) in [5, 5.41) is 17.3. The number of carbonyl (C=O) groups excluding carboxylic acids is 3. The van der Waals surface area contributed by atoms with Gasteiger partial charge < -0.3 is 20.6 Å². The number of nitrogens with zero attached hydrogens (tertiary/aromatic N) is 3. The molecule has 2 aliphatic rings. The van der Waals surface area contributed by atoms with Crippen molar-refractivity contribution in [1.29, 1.82) is 0 Å². The van der Waals surface area contributed by atoms with Crippen LogP contribution in [0.2, 0.25) is 4.47 Å². The zero-order valence-electron chi connectivity index (χ0n) is 15.0. The van der Waals surface area contributed by atoms with Gasteiger partial charge in [0.15, 0.2) is 10.2 Å². The third-order valence-corrected chi connectivity index (χ3v) is 6.10. The first-order valence-corrected chi connectivity index (χ1v) is 10.1. The van der Waals surface area contributed by atoms with Gasteiger partial charge in [-0.1, -0.05) is 28.1 Å². The summed E-state index contributed by atoms with van der Waals surface area (Å²) in [7, 11) is 1.23. The zero-order chi connectivity index (χ0) is 21.3. The molecule has 0 aliphatic carbocycles. The molecule has 11 nitrogen and oxygen atoms in total. The Morgan fingerprint density at radius 2 is 2.17 bits per heavy atom. The van der Waals surface area contributed by atoms with Crippen molar-refractivity contribution in [2.45, 2.75) is 24.1 Å². The molecule has 1 saturated heterocycles. The average Bonchev–Trinajstić information content (AvgIpc) is 2.97. The van der Waals surface area contributed by atoms with Crippen LogP contribution in [0.5, 0.6) is 0 Å². The van der Waals surface area contributed by atoms with E-state index in [1.165, 1.54) is 36.8 Å². The summed E-state index contributed by atoms with van der Waals surface area (Å²) < 4.78 is 0.0732. The molecular formula is C15H14ClN5O6S2. The number of fused-ring (bicyclic) bond motifs is 1. The van der Waals surface area contributed by atoms with Crippen molar-refractivity contribution in [2.24, 2.45) is 5.16 Å². The number of thioether (sulfide) groups is 1. The van der Waals surface area contributed by atoms with Crippen LogP contribution < -0.4 is 10.6 Å². The summed E-state index contributed by atoms with van der Waals surface area (Å²) in [6.45, 7) is 1.28. The van der Waals surface area contributed by atoms with Gasteiger partial charge in [0.25, 0.3) is 5.91 Å². The van der Waals surface area contributed by atoms with Crippen molar-refractivity contribution in [3.63, 3.8) is 0 Å². The minimum atomic E-state index is -1.27. The third-order valence-electron chi connectivity index (χ3n) is 3.78. The molecule has 0 bridgehead atoms. The maximum Gasteiger partial charge on any atom is 0.352 e. The molecule has 0 aromatic carbocycles.